The van der Waals surface area contributed by atoms with E-state index in [9.17, 15) is 9.90 Å². The first-order valence-corrected chi connectivity index (χ1v) is 7.45. The molecule has 4 heteroatoms. The number of hydrogen-bond acceptors (Lipinski definition) is 3. The summed E-state index contributed by atoms with van der Waals surface area (Å²) < 4.78 is 5.41. The maximum absolute atomic E-state index is 9.36. The number of rotatable bonds is 6. The van der Waals surface area contributed by atoms with Gasteiger partial charge in [-0.15, -0.1) is 0 Å². The number of methoxy groups -OCH3 is 1. The van der Waals surface area contributed by atoms with Crippen molar-refractivity contribution in [1.29, 1.82) is 0 Å². The molecule has 0 amide bonds. The van der Waals surface area contributed by atoms with Crippen molar-refractivity contribution in [2.45, 2.75) is 57.9 Å². The molecule has 0 heterocycles. The summed E-state index contributed by atoms with van der Waals surface area (Å²) >= 11 is 0. The van der Waals surface area contributed by atoms with Gasteiger partial charge in [-0.2, -0.15) is 0 Å². The minimum Gasteiger partial charge on any atom is -0.548 e. The molecule has 0 N–H and O–H groups in total. The van der Waals surface area contributed by atoms with Crippen molar-refractivity contribution in [1.82, 2.24) is 0 Å². The third-order valence-corrected chi connectivity index (χ3v) is 3.91. The summed E-state index contributed by atoms with van der Waals surface area (Å²) in [4.78, 5) is 9.36. The lowest BCUT2D eigenvalue weighted by atomic mass is 9.93. The Morgan fingerprint density at radius 3 is 2.21 bits per heavy atom. The van der Waals surface area contributed by atoms with Gasteiger partial charge in [0.25, 0.3) is 0 Å². The number of ether oxygens (including phenoxy) is 1. The van der Waals surface area contributed by atoms with Gasteiger partial charge in [-0.05, 0) is 32.1 Å². The minimum absolute atomic E-state index is 0.319. The lowest BCUT2D eigenvalue weighted by Crippen LogP contribution is -2.50. The number of hydrogen-bond donors (Lipinski definition) is 0. The summed E-state index contributed by atoms with van der Waals surface area (Å²) in [5.74, 6) is -1.18. The number of carbonyl (C=O) groups excluding carboxylic acids is 1. The normalized spacial score (nSPS) is 16.6. The summed E-state index contributed by atoms with van der Waals surface area (Å²) in [5.41, 5.74) is 0. The Balaban J connectivity index is 0.000000459. The largest absolute Gasteiger partial charge is 0.548 e. The van der Waals surface area contributed by atoms with Gasteiger partial charge in [0.1, 0.15) is 0 Å². The highest BCUT2D eigenvalue weighted by atomic mass is 16.5. The molecule has 0 aliphatic heterocycles. The van der Waals surface area contributed by atoms with Crippen LogP contribution in [0.15, 0.2) is 0 Å². The molecule has 1 rings (SSSR count). The van der Waals surface area contributed by atoms with Gasteiger partial charge in [0, 0.05) is 7.11 Å². The summed E-state index contributed by atoms with van der Waals surface area (Å²) in [7, 11) is 6.15. The fourth-order valence-electron chi connectivity index (χ4n) is 2.65. The first-order valence-electron chi connectivity index (χ1n) is 7.45. The number of quaternary nitrogens is 1. The standard InChI is InChI=1S/C12H26N.C3H6O3/c1-4-5-11-13(2,3)12-9-7-6-8-10-12;1-6-2-3(4)5/h12H,4-11H2,1-3H3;2H2,1H3,(H,4,5)/q+1;/p-1. The predicted molar refractivity (Wildman–Crippen MR) is 75.6 cm³/mol. The van der Waals surface area contributed by atoms with Gasteiger partial charge in [-0.1, -0.05) is 19.8 Å². The smallest absolute Gasteiger partial charge is 0.0886 e. The van der Waals surface area contributed by atoms with Crippen molar-refractivity contribution in [3.63, 3.8) is 0 Å². The molecule has 19 heavy (non-hydrogen) atoms. The van der Waals surface area contributed by atoms with Crippen molar-refractivity contribution in [3.8, 4) is 0 Å². The second-order valence-electron chi connectivity index (χ2n) is 5.95. The van der Waals surface area contributed by atoms with Crippen LogP contribution in [0.5, 0.6) is 0 Å². The molecule has 1 fully saturated rings. The number of carboxylic acid groups (broad SMARTS) is 1. The van der Waals surface area contributed by atoms with Crippen molar-refractivity contribution >= 4 is 5.97 Å². The molecule has 0 atom stereocenters. The van der Waals surface area contributed by atoms with Crippen molar-refractivity contribution in [2.24, 2.45) is 0 Å². The van der Waals surface area contributed by atoms with Gasteiger partial charge in [-0.3, -0.25) is 0 Å². The van der Waals surface area contributed by atoms with Crippen molar-refractivity contribution < 1.29 is 19.1 Å². The van der Waals surface area contributed by atoms with Crippen LogP contribution in [-0.2, 0) is 9.53 Å². The van der Waals surface area contributed by atoms with Crippen molar-refractivity contribution in [2.75, 3.05) is 34.4 Å². The van der Waals surface area contributed by atoms with E-state index < -0.39 is 5.97 Å². The van der Waals surface area contributed by atoms with E-state index in [0.717, 1.165) is 6.04 Å². The van der Waals surface area contributed by atoms with E-state index in [2.05, 4.69) is 25.8 Å². The molecule has 4 nitrogen and oxygen atoms in total. The zero-order valence-corrected chi connectivity index (χ0v) is 13.1. The molecule has 0 unspecified atom stereocenters. The Morgan fingerprint density at radius 2 is 1.84 bits per heavy atom. The Morgan fingerprint density at radius 1 is 1.26 bits per heavy atom. The summed E-state index contributed by atoms with van der Waals surface area (Å²) in [6, 6.07) is 0.959. The molecule has 0 saturated heterocycles. The quantitative estimate of drug-likeness (QED) is 0.690. The second-order valence-corrected chi connectivity index (χ2v) is 5.95. The van der Waals surface area contributed by atoms with E-state index in [1.165, 1.54) is 63.1 Å². The first kappa shape index (κ1) is 18.4. The zero-order chi connectivity index (χ0) is 14.7. The Kier molecular flexibility index (Phi) is 9.88. The van der Waals surface area contributed by atoms with E-state index in [1.54, 1.807) is 0 Å². The van der Waals surface area contributed by atoms with E-state index in [-0.39, 0.29) is 6.61 Å². The second kappa shape index (κ2) is 10.2. The maximum Gasteiger partial charge on any atom is 0.0886 e. The minimum atomic E-state index is -1.18. The molecule has 0 spiro atoms. The van der Waals surface area contributed by atoms with Crippen LogP contribution in [0.1, 0.15) is 51.9 Å². The highest BCUT2D eigenvalue weighted by Crippen LogP contribution is 2.25. The van der Waals surface area contributed by atoms with E-state index in [1.807, 2.05) is 0 Å². The SMILES string of the molecule is CCCC[N+](C)(C)C1CCCCC1.COCC(=O)[O-]. The molecule has 114 valence electrons. The molecular formula is C15H31NO3. The summed E-state index contributed by atoms with van der Waals surface area (Å²) in [6.45, 7) is 3.35. The summed E-state index contributed by atoms with van der Waals surface area (Å²) in [5, 5.41) is 9.36. The average Bonchev–Trinajstić information content (AvgIpc) is 2.38. The lowest BCUT2D eigenvalue weighted by Gasteiger charge is -2.40. The van der Waals surface area contributed by atoms with Crippen molar-refractivity contribution in [3.05, 3.63) is 0 Å². The Labute approximate surface area is 118 Å². The van der Waals surface area contributed by atoms with Crippen LogP contribution in [0.4, 0.5) is 0 Å². The number of unbranched alkanes of at least 4 members (excludes halogenated alkanes) is 1. The topological polar surface area (TPSA) is 49.4 Å². The van der Waals surface area contributed by atoms with Crippen LogP contribution in [-0.4, -0.2) is 50.9 Å². The van der Waals surface area contributed by atoms with Crippen LogP contribution in [0.3, 0.4) is 0 Å². The first-order chi connectivity index (χ1) is 8.94. The highest BCUT2D eigenvalue weighted by molar-refractivity contribution is 5.65. The van der Waals surface area contributed by atoms with E-state index in [0.29, 0.717) is 0 Å². The number of aliphatic carboxylic acids is 1. The van der Waals surface area contributed by atoms with Crippen LogP contribution in [0.25, 0.3) is 0 Å². The predicted octanol–water partition coefficient (Wildman–Crippen LogP) is 1.58. The molecule has 0 aromatic heterocycles. The molecule has 1 saturated carbocycles. The highest BCUT2D eigenvalue weighted by Gasteiger charge is 2.28. The fourth-order valence-corrected chi connectivity index (χ4v) is 2.65. The van der Waals surface area contributed by atoms with Gasteiger partial charge in [0.15, 0.2) is 0 Å². The van der Waals surface area contributed by atoms with Crippen LogP contribution in [0.2, 0.25) is 0 Å². The van der Waals surface area contributed by atoms with E-state index >= 15 is 0 Å². The molecule has 0 bridgehead atoms. The molecule has 1 aliphatic carbocycles. The number of nitrogens with zero attached hydrogens (tertiary/aromatic N) is 1. The maximum atomic E-state index is 9.36. The molecule has 1 aliphatic rings. The molecule has 0 aromatic carbocycles. The van der Waals surface area contributed by atoms with Gasteiger partial charge in [0.05, 0.1) is 39.3 Å². The third kappa shape index (κ3) is 9.00. The van der Waals surface area contributed by atoms with Crippen LogP contribution >= 0.6 is 0 Å². The monoisotopic (exact) mass is 273 g/mol. The van der Waals surface area contributed by atoms with Gasteiger partial charge in [-0.25, -0.2) is 0 Å². The van der Waals surface area contributed by atoms with Gasteiger partial charge >= 0.3 is 0 Å². The number of carboxylic acids is 1. The van der Waals surface area contributed by atoms with Gasteiger partial charge < -0.3 is 19.1 Å². The van der Waals surface area contributed by atoms with Crippen LogP contribution in [0, 0.1) is 0 Å². The Bertz CT molecular complexity index is 236. The number of carbonyl (C=O) groups is 1. The fraction of sp³-hybridized carbons (Fsp3) is 0.933. The molecule has 0 radical (unpaired) electrons. The van der Waals surface area contributed by atoms with E-state index in [4.69, 9.17) is 0 Å². The molecule has 0 aromatic rings. The zero-order valence-electron chi connectivity index (χ0n) is 13.1. The average molecular weight is 273 g/mol. The van der Waals surface area contributed by atoms with Gasteiger partial charge in [0.2, 0.25) is 0 Å². The van der Waals surface area contributed by atoms with Crippen LogP contribution < -0.4 is 5.11 Å². The Hall–Kier alpha value is -0.610. The lowest BCUT2D eigenvalue weighted by molar-refractivity contribution is -0.916. The molecular weight excluding hydrogens is 242 g/mol. The summed E-state index contributed by atoms with van der Waals surface area (Å²) in [6.07, 6.45) is 10.1. The third-order valence-electron chi connectivity index (χ3n) is 3.91.